The van der Waals surface area contributed by atoms with Gasteiger partial charge in [-0.3, -0.25) is 0 Å². The van der Waals surface area contributed by atoms with Crippen LogP contribution in [-0.2, 0) is 6.54 Å². The minimum Gasteiger partial charge on any atom is -0.493 e. The SMILES string of the molecule is COc1ccc(NC(N)=NCc2cccc(F)c2)cc1OC. The van der Waals surface area contributed by atoms with Gasteiger partial charge in [-0.15, -0.1) is 0 Å². The van der Waals surface area contributed by atoms with E-state index in [0.29, 0.717) is 18.0 Å². The normalized spacial score (nSPS) is 11.1. The van der Waals surface area contributed by atoms with Crippen molar-refractivity contribution >= 4 is 11.6 Å². The average Bonchev–Trinajstić information content (AvgIpc) is 2.53. The van der Waals surface area contributed by atoms with Crippen LogP contribution in [0, 0.1) is 5.82 Å². The first kappa shape index (κ1) is 15.6. The first-order chi connectivity index (χ1) is 10.6. The molecular formula is C16H18FN3O2. The third-order valence-electron chi connectivity index (χ3n) is 2.98. The van der Waals surface area contributed by atoms with Gasteiger partial charge in [-0.2, -0.15) is 0 Å². The molecule has 0 aliphatic heterocycles. The van der Waals surface area contributed by atoms with E-state index in [4.69, 9.17) is 15.2 Å². The predicted octanol–water partition coefficient (Wildman–Crippen LogP) is 2.77. The number of rotatable bonds is 5. The number of aliphatic imine (C=N–C) groups is 1. The van der Waals surface area contributed by atoms with Crippen LogP contribution in [0.2, 0.25) is 0 Å². The fraction of sp³-hybridized carbons (Fsp3) is 0.188. The van der Waals surface area contributed by atoms with Gasteiger partial charge in [0.25, 0.3) is 0 Å². The molecule has 2 rings (SSSR count). The summed E-state index contributed by atoms with van der Waals surface area (Å²) in [5.74, 6) is 1.16. The van der Waals surface area contributed by atoms with Gasteiger partial charge in [0.2, 0.25) is 0 Å². The molecule has 116 valence electrons. The van der Waals surface area contributed by atoms with Crippen LogP contribution in [0.3, 0.4) is 0 Å². The quantitative estimate of drug-likeness (QED) is 0.658. The Bertz CT molecular complexity index is 674. The van der Waals surface area contributed by atoms with E-state index in [1.165, 1.54) is 12.1 Å². The van der Waals surface area contributed by atoms with Gasteiger partial charge in [0.15, 0.2) is 17.5 Å². The lowest BCUT2D eigenvalue weighted by molar-refractivity contribution is 0.355. The molecule has 3 N–H and O–H groups in total. The molecule has 0 bridgehead atoms. The topological polar surface area (TPSA) is 68.9 Å². The molecule has 0 aliphatic rings. The standard InChI is InChI=1S/C16H18FN3O2/c1-21-14-7-6-13(9-15(14)22-2)20-16(18)19-10-11-4-3-5-12(17)8-11/h3-9H,10H2,1-2H3,(H3,18,19,20). The van der Waals surface area contributed by atoms with Crippen LogP contribution in [-0.4, -0.2) is 20.2 Å². The molecule has 2 aromatic rings. The van der Waals surface area contributed by atoms with Crippen LogP contribution in [0.4, 0.5) is 10.1 Å². The summed E-state index contributed by atoms with van der Waals surface area (Å²) in [6.45, 7) is 0.296. The van der Waals surface area contributed by atoms with E-state index in [-0.39, 0.29) is 11.8 Å². The molecule has 0 aromatic heterocycles. The number of nitrogens with one attached hydrogen (secondary N) is 1. The average molecular weight is 303 g/mol. The molecule has 0 saturated carbocycles. The number of anilines is 1. The molecule has 6 heteroatoms. The fourth-order valence-corrected chi connectivity index (χ4v) is 1.91. The third-order valence-corrected chi connectivity index (χ3v) is 2.98. The number of methoxy groups -OCH3 is 2. The molecule has 22 heavy (non-hydrogen) atoms. The fourth-order valence-electron chi connectivity index (χ4n) is 1.91. The molecule has 0 saturated heterocycles. The smallest absolute Gasteiger partial charge is 0.193 e. The van der Waals surface area contributed by atoms with Crippen molar-refractivity contribution in [3.05, 3.63) is 53.8 Å². The summed E-state index contributed by atoms with van der Waals surface area (Å²) in [7, 11) is 3.13. The van der Waals surface area contributed by atoms with E-state index < -0.39 is 0 Å². The molecule has 0 amide bonds. The predicted molar refractivity (Wildman–Crippen MR) is 84.9 cm³/mol. The van der Waals surface area contributed by atoms with Gasteiger partial charge in [-0.25, -0.2) is 9.38 Å². The number of ether oxygens (including phenoxy) is 2. The number of halogens is 1. The Morgan fingerprint density at radius 2 is 1.91 bits per heavy atom. The van der Waals surface area contributed by atoms with Crippen LogP contribution in [0.25, 0.3) is 0 Å². The maximum absolute atomic E-state index is 13.1. The van der Waals surface area contributed by atoms with Crippen molar-refractivity contribution in [2.45, 2.75) is 6.54 Å². The number of nitrogens with zero attached hydrogens (tertiary/aromatic N) is 1. The molecule has 0 aliphatic carbocycles. The van der Waals surface area contributed by atoms with Crippen LogP contribution < -0.4 is 20.5 Å². The Morgan fingerprint density at radius 1 is 1.14 bits per heavy atom. The van der Waals surface area contributed by atoms with Crippen molar-refractivity contribution in [2.24, 2.45) is 10.7 Å². The summed E-state index contributed by atoms with van der Waals surface area (Å²) in [6, 6.07) is 11.6. The molecule has 0 spiro atoms. The number of benzene rings is 2. The van der Waals surface area contributed by atoms with Gasteiger partial charge in [-0.1, -0.05) is 12.1 Å². The van der Waals surface area contributed by atoms with Crippen molar-refractivity contribution < 1.29 is 13.9 Å². The Kier molecular flexibility index (Phi) is 5.19. The van der Waals surface area contributed by atoms with Crippen molar-refractivity contribution in [3.8, 4) is 11.5 Å². The van der Waals surface area contributed by atoms with Gasteiger partial charge in [-0.05, 0) is 29.8 Å². The van der Waals surface area contributed by atoms with Crippen molar-refractivity contribution in [2.75, 3.05) is 19.5 Å². The molecule has 5 nitrogen and oxygen atoms in total. The Hall–Kier alpha value is -2.76. The lowest BCUT2D eigenvalue weighted by Gasteiger charge is -2.11. The van der Waals surface area contributed by atoms with Gasteiger partial charge >= 0.3 is 0 Å². The molecule has 2 aromatic carbocycles. The minimum atomic E-state index is -0.292. The summed E-state index contributed by atoms with van der Waals surface area (Å²) in [4.78, 5) is 4.17. The second-order valence-corrected chi connectivity index (χ2v) is 4.53. The number of guanidine groups is 1. The Balaban J connectivity index is 2.05. The van der Waals surface area contributed by atoms with Crippen molar-refractivity contribution in [1.29, 1.82) is 0 Å². The molecule has 0 heterocycles. The zero-order chi connectivity index (χ0) is 15.9. The molecule has 0 unspecified atom stereocenters. The zero-order valence-corrected chi connectivity index (χ0v) is 12.5. The highest BCUT2D eigenvalue weighted by Gasteiger charge is 2.05. The van der Waals surface area contributed by atoms with Crippen LogP contribution in [0.1, 0.15) is 5.56 Å². The molecule has 0 atom stereocenters. The molecule has 0 fully saturated rings. The maximum atomic E-state index is 13.1. The van der Waals surface area contributed by atoms with Crippen LogP contribution in [0.5, 0.6) is 11.5 Å². The largest absolute Gasteiger partial charge is 0.493 e. The highest BCUT2D eigenvalue weighted by molar-refractivity contribution is 5.92. The molecule has 0 radical (unpaired) electrons. The lowest BCUT2D eigenvalue weighted by Crippen LogP contribution is -2.22. The van der Waals surface area contributed by atoms with Gasteiger partial charge in [0.1, 0.15) is 5.82 Å². The highest BCUT2D eigenvalue weighted by Crippen LogP contribution is 2.29. The van der Waals surface area contributed by atoms with E-state index in [9.17, 15) is 4.39 Å². The van der Waals surface area contributed by atoms with Gasteiger partial charge < -0.3 is 20.5 Å². The van der Waals surface area contributed by atoms with E-state index in [1.54, 1.807) is 44.6 Å². The second kappa shape index (κ2) is 7.31. The Labute approximate surface area is 128 Å². The first-order valence-corrected chi connectivity index (χ1v) is 6.66. The van der Waals surface area contributed by atoms with E-state index in [1.807, 2.05) is 0 Å². The molecular weight excluding hydrogens is 285 g/mol. The Morgan fingerprint density at radius 3 is 2.59 bits per heavy atom. The summed E-state index contributed by atoms with van der Waals surface area (Å²) in [5.41, 5.74) is 7.29. The minimum absolute atomic E-state index is 0.233. The highest BCUT2D eigenvalue weighted by atomic mass is 19.1. The van der Waals surface area contributed by atoms with Gasteiger partial charge in [0, 0.05) is 11.8 Å². The first-order valence-electron chi connectivity index (χ1n) is 6.66. The van der Waals surface area contributed by atoms with Crippen LogP contribution in [0.15, 0.2) is 47.5 Å². The maximum Gasteiger partial charge on any atom is 0.193 e. The van der Waals surface area contributed by atoms with Crippen molar-refractivity contribution in [3.63, 3.8) is 0 Å². The summed E-state index contributed by atoms with van der Waals surface area (Å²) >= 11 is 0. The van der Waals surface area contributed by atoms with E-state index >= 15 is 0 Å². The summed E-state index contributed by atoms with van der Waals surface area (Å²) in [6.07, 6.45) is 0. The second-order valence-electron chi connectivity index (χ2n) is 4.53. The van der Waals surface area contributed by atoms with Gasteiger partial charge in [0.05, 0.1) is 20.8 Å². The monoisotopic (exact) mass is 303 g/mol. The lowest BCUT2D eigenvalue weighted by atomic mass is 10.2. The zero-order valence-electron chi connectivity index (χ0n) is 12.5. The number of nitrogens with two attached hydrogens (primary N) is 1. The van der Waals surface area contributed by atoms with E-state index in [0.717, 1.165) is 11.3 Å². The summed E-state index contributed by atoms with van der Waals surface area (Å²) < 4.78 is 23.4. The third kappa shape index (κ3) is 4.12. The number of hydrogen-bond acceptors (Lipinski definition) is 3. The summed E-state index contributed by atoms with van der Waals surface area (Å²) in [5, 5.41) is 2.95. The van der Waals surface area contributed by atoms with E-state index in [2.05, 4.69) is 10.3 Å². The van der Waals surface area contributed by atoms with Crippen LogP contribution >= 0.6 is 0 Å². The number of hydrogen-bond donors (Lipinski definition) is 2. The van der Waals surface area contributed by atoms with Crippen molar-refractivity contribution in [1.82, 2.24) is 0 Å².